The van der Waals surface area contributed by atoms with E-state index in [-0.39, 0.29) is 11.8 Å². The summed E-state index contributed by atoms with van der Waals surface area (Å²) in [7, 11) is 4.84. The van der Waals surface area contributed by atoms with Gasteiger partial charge in [-0.25, -0.2) is 0 Å². The molecule has 6 heteroatoms. The van der Waals surface area contributed by atoms with Crippen LogP contribution in [0.1, 0.15) is 18.9 Å². The third kappa shape index (κ3) is 4.75. The minimum Gasteiger partial charge on any atom is -0.493 e. The molecule has 0 radical (unpaired) electrons. The molecule has 0 fully saturated rings. The molecule has 0 heterocycles. The number of ether oxygens (including phenoxy) is 2. The molecule has 2 aromatic carbocycles. The lowest BCUT2D eigenvalue weighted by molar-refractivity contribution is -0.117. The number of anilines is 2. The number of benzene rings is 2. The highest BCUT2D eigenvalue weighted by Crippen LogP contribution is 2.28. The number of para-hydroxylation sites is 2. The number of nitrogens with one attached hydrogen (secondary N) is 1. The quantitative estimate of drug-likeness (QED) is 0.827. The zero-order valence-corrected chi connectivity index (χ0v) is 15.5. The minimum absolute atomic E-state index is 0.1000. The van der Waals surface area contributed by atoms with Gasteiger partial charge in [-0.15, -0.1) is 0 Å². The van der Waals surface area contributed by atoms with E-state index < -0.39 is 0 Å². The number of carbonyl (C=O) groups excluding carboxylic acids is 2. The molecule has 6 nitrogen and oxygen atoms in total. The maximum atomic E-state index is 12.3. The van der Waals surface area contributed by atoms with E-state index in [9.17, 15) is 9.59 Å². The molecule has 138 valence electrons. The fourth-order valence-corrected chi connectivity index (χ4v) is 2.55. The van der Waals surface area contributed by atoms with Crippen molar-refractivity contribution in [2.24, 2.45) is 0 Å². The number of methoxy groups -OCH3 is 2. The maximum Gasteiger partial charge on any atom is 0.224 e. The lowest BCUT2D eigenvalue weighted by Crippen LogP contribution is -2.24. The van der Waals surface area contributed by atoms with Gasteiger partial charge in [0.15, 0.2) is 11.5 Å². The number of aryl methyl sites for hydroxylation is 1. The second kappa shape index (κ2) is 8.89. The molecule has 1 N–H and O–H groups in total. The van der Waals surface area contributed by atoms with Crippen molar-refractivity contribution in [3.63, 3.8) is 0 Å². The molecule has 2 aromatic rings. The first-order valence-corrected chi connectivity index (χ1v) is 8.30. The highest BCUT2D eigenvalue weighted by molar-refractivity contribution is 5.99. The average molecular weight is 356 g/mol. The summed E-state index contributed by atoms with van der Waals surface area (Å²) < 4.78 is 10.5. The van der Waals surface area contributed by atoms with Gasteiger partial charge in [-0.1, -0.05) is 18.2 Å². The van der Waals surface area contributed by atoms with Gasteiger partial charge in [-0.05, 0) is 36.2 Å². The van der Waals surface area contributed by atoms with Crippen LogP contribution in [0.5, 0.6) is 11.5 Å². The Morgan fingerprint density at radius 1 is 1.04 bits per heavy atom. The van der Waals surface area contributed by atoms with Crippen molar-refractivity contribution >= 4 is 23.2 Å². The molecule has 0 saturated heterocycles. The molecular formula is C20H24N2O4. The van der Waals surface area contributed by atoms with Crippen molar-refractivity contribution in [1.29, 1.82) is 0 Å². The topological polar surface area (TPSA) is 67.9 Å². The summed E-state index contributed by atoms with van der Waals surface area (Å²) in [5, 5.41) is 2.88. The molecule has 0 spiro atoms. The van der Waals surface area contributed by atoms with Gasteiger partial charge < -0.3 is 19.7 Å². The Kier molecular flexibility index (Phi) is 6.60. The molecule has 26 heavy (non-hydrogen) atoms. The summed E-state index contributed by atoms with van der Waals surface area (Å²) >= 11 is 0. The predicted octanol–water partition coefficient (Wildman–Crippen LogP) is 3.26. The van der Waals surface area contributed by atoms with Crippen LogP contribution in [0.4, 0.5) is 11.4 Å². The first-order chi connectivity index (χ1) is 12.5. The van der Waals surface area contributed by atoms with Crippen molar-refractivity contribution in [3.05, 3.63) is 48.0 Å². The second-order valence-corrected chi connectivity index (χ2v) is 5.83. The van der Waals surface area contributed by atoms with Gasteiger partial charge >= 0.3 is 0 Å². The van der Waals surface area contributed by atoms with E-state index >= 15 is 0 Å². The lowest BCUT2D eigenvalue weighted by Gasteiger charge is -2.19. The van der Waals surface area contributed by atoms with Gasteiger partial charge in [0.05, 0.1) is 25.6 Å². The highest BCUT2D eigenvalue weighted by atomic mass is 16.5. The predicted molar refractivity (Wildman–Crippen MR) is 102 cm³/mol. The van der Waals surface area contributed by atoms with Crippen LogP contribution >= 0.6 is 0 Å². The van der Waals surface area contributed by atoms with Crippen LogP contribution < -0.4 is 19.7 Å². The fraction of sp³-hybridized carbons (Fsp3) is 0.300. The summed E-state index contributed by atoms with van der Waals surface area (Å²) in [4.78, 5) is 25.4. The van der Waals surface area contributed by atoms with Gasteiger partial charge in [0, 0.05) is 20.4 Å². The lowest BCUT2D eigenvalue weighted by atomic mass is 10.1. The monoisotopic (exact) mass is 356 g/mol. The summed E-state index contributed by atoms with van der Waals surface area (Å²) in [5.41, 5.74) is 2.26. The van der Waals surface area contributed by atoms with Crippen LogP contribution in [0.2, 0.25) is 0 Å². The molecule has 2 rings (SSSR count). The van der Waals surface area contributed by atoms with Crippen molar-refractivity contribution < 1.29 is 19.1 Å². The number of carbonyl (C=O) groups is 2. The third-order valence-electron chi connectivity index (χ3n) is 4.10. The van der Waals surface area contributed by atoms with Crippen LogP contribution in [0.25, 0.3) is 0 Å². The summed E-state index contributed by atoms with van der Waals surface area (Å²) in [6, 6.07) is 12.8. The number of rotatable bonds is 7. The molecule has 0 aliphatic carbocycles. The number of hydrogen-bond acceptors (Lipinski definition) is 4. The smallest absolute Gasteiger partial charge is 0.224 e. The van der Waals surface area contributed by atoms with E-state index in [1.165, 1.54) is 11.8 Å². The van der Waals surface area contributed by atoms with Gasteiger partial charge in [-0.2, -0.15) is 0 Å². The van der Waals surface area contributed by atoms with Gasteiger partial charge in [0.2, 0.25) is 11.8 Å². The molecule has 0 aliphatic rings. The Morgan fingerprint density at radius 2 is 1.73 bits per heavy atom. The highest BCUT2D eigenvalue weighted by Gasteiger charge is 2.13. The Balaban J connectivity index is 2.03. The molecule has 0 atom stereocenters. The number of nitrogens with zero attached hydrogens (tertiary/aromatic N) is 1. The number of amides is 2. The van der Waals surface area contributed by atoms with Crippen molar-refractivity contribution in [3.8, 4) is 11.5 Å². The zero-order valence-electron chi connectivity index (χ0n) is 15.5. The van der Waals surface area contributed by atoms with Gasteiger partial charge in [-0.3, -0.25) is 9.59 Å². The molecule has 2 amide bonds. The maximum absolute atomic E-state index is 12.3. The minimum atomic E-state index is -0.121. The number of hydrogen-bond donors (Lipinski definition) is 1. The Labute approximate surface area is 153 Å². The first kappa shape index (κ1) is 19.3. The standard InChI is InChI=1S/C20H24N2O4/c1-14(23)22(2)17-8-6-5-7-16(17)21-20(24)12-10-15-9-11-18(25-3)19(13-15)26-4/h5-9,11,13H,10,12H2,1-4H3,(H,21,24). The molecule has 0 unspecified atom stereocenters. The Bertz CT molecular complexity index is 789. The Morgan fingerprint density at radius 3 is 2.38 bits per heavy atom. The fourth-order valence-electron chi connectivity index (χ4n) is 2.55. The van der Waals surface area contributed by atoms with Crippen LogP contribution in [0.3, 0.4) is 0 Å². The summed E-state index contributed by atoms with van der Waals surface area (Å²) in [5.74, 6) is 1.07. The molecule has 0 bridgehead atoms. The van der Waals surface area contributed by atoms with E-state index in [2.05, 4.69) is 5.32 Å². The van der Waals surface area contributed by atoms with Crippen LogP contribution in [0, 0.1) is 0 Å². The third-order valence-corrected chi connectivity index (χ3v) is 4.10. The molecule has 0 aromatic heterocycles. The average Bonchev–Trinajstić information content (AvgIpc) is 2.65. The largest absolute Gasteiger partial charge is 0.493 e. The van der Waals surface area contributed by atoms with E-state index in [1.807, 2.05) is 30.3 Å². The summed E-state index contributed by atoms with van der Waals surface area (Å²) in [6.45, 7) is 1.48. The first-order valence-electron chi connectivity index (χ1n) is 8.30. The van der Waals surface area contributed by atoms with E-state index in [1.54, 1.807) is 33.4 Å². The Hall–Kier alpha value is -3.02. The summed E-state index contributed by atoms with van der Waals surface area (Å²) in [6.07, 6.45) is 0.879. The molecular weight excluding hydrogens is 332 g/mol. The second-order valence-electron chi connectivity index (χ2n) is 5.83. The van der Waals surface area contributed by atoms with Crippen molar-refractivity contribution in [2.45, 2.75) is 19.8 Å². The molecule has 0 aliphatic heterocycles. The van der Waals surface area contributed by atoms with Crippen molar-refractivity contribution in [1.82, 2.24) is 0 Å². The normalized spacial score (nSPS) is 10.2. The van der Waals surface area contributed by atoms with Crippen LogP contribution in [0.15, 0.2) is 42.5 Å². The van der Waals surface area contributed by atoms with Crippen molar-refractivity contribution in [2.75, 3.05) is 31.5 Å². The van der Waals surface area contributed by atoms with Crippen LogP contribution in [-0.4, -0.2) is 33.1 Å². The van der Waals surface area contributed by atoms with E-state index in [0.717, 1.165) is 5.56 Å². The van der Waals surface area contributed by atoms with Crippen LogP contribution in [-0.2, 0) is 16.0 Å². The van der Waals surface area contributed by atoms with Gasteiger partial charge in [0.1, 0.15) is 0 Å². The zero-order chi connectivity index (χ0) is 19.1. The van der Waals surface area contributed by atoms with E-state index in [0.29, 0.717) is 35.7 Å². The van der Waals surface area contributed by atoms with E-state index in [4.69, 9.17) is 9.47 Å². The molecule has 0 saturated carbocycles. The SMILES string of the molecule is COc1ccc(CCC(=O)Nc2ccccc2N(C)C(C)=O)cc1OC. The van der Waals surface area contributed by atoms with Gasteiger partial charge in [0.25, 0.3) is 0 Å².